The molecule has 2 aliphatic carbocycles. The summed E-state index contributed by atoms with van der Waals surface area (Å²) in [7, 11) is 0. The lowest BCUT2D eigenvalue weighted by atomic mass is 9.85. The molecule has 2 N–H and O–H groups in total. The predicted octanol–water partition coefficient (Wildman–Crippen LogP) is 2.29. The van der Waals surface area contributed by atoms with E-state index in [-0.39, 0.29) is 0 Å². The van der Waals surface area contributed by atoms with Crippen molar-refractivity contribution in [2.75, 3.05) is 0 Å². The zero-order valence-corrected chi connectivity index (χ0v) is 11.8. The minimum Gasteiger partial charge on any atom is -0.337 e. The fourth-order valence-electron chi connectivity index (χ4n) is 5.58. The molecule has 1 amide bonds. The third kappa shape index (κ3) is 2.01. The highest BCUT2D eigenvalue weighted by Gasteiger charge is 2.45. The molecular weight excluding hydrogens is 236 g/mol. The third-order valence-electron chi connectivity index (χ3n) is 6.38. The first-order chi connectivity index (χ1) is 9.20. The van der Waals surface area contributed by atoms with Gasteiger partial charge < -0.3 is 10.6 Å². The van der Waals surface area contributed by atoms with Gasteiger partial charge in [0.1, 0.15) is 0 Å². The number of nitrogens with two attached hydrogens (primary N) is 1. The van der Waals surface area contributed by atoms with Crippen molar-refractivity contribution < 1.29 is 4.79 Å². The molecule has 4 aliphatic rings. The summed E-state index contributed by atoms with van der Waals surface area (Å²) in [4.78, 5) is 14.9. The molecule has 106 valence electrons. The Morgan fingerprint density at radius 3 is 2.32 bits per heavy atom. The zero-order chi connectivity index (χ0) is 13.0. The standard InChI is InChI=1S/C16H26N2O/c17-13-8-14-3-4-15(9-13)18(14)16(19)7-12-6-10-1-2-11(12)5-10/h10-15H,1-9,17H2. The number of carbonyl (C=O) groups is 1. The van der Waals surface area contributed by atoms with Gasteiger partial charge in [0.15, 0.2) is 0 Å². The van der Waals surface area contributed by atoms with Crippen LogP contribution in [0.15, 0.2) is 0 Å². The largest absolute Gasteiger partial charge is 0.337 e. The predicted molar refractivity (Wildman–Crippen MR) is 74.4 cm³/mol. The molecule has 2 heterocycles. The van der Waals surface area contributed by atoms with Crippen LogP contribution < -0.4 is 5.73 Å². The van der Waals surface area contributed by atoms with Crippen molar-refractivity contribution in [1.82, 2.24) is 4.90 Å². The number of piperidine rings is 1. The van der Waals surface area contributed by atoms with Crippen LogP contribution in [0.5, 0.6) is 0 Å². The van der Waals surface area contributed by atoms with Gasteiger partial charge in [0.25, 0.3) is 0 Å². The SMILES string of the molecule is NC1CC2CCC(C1)N2C(=O)CC1CC2CCC1C2. The van der Waals surface area contributed by atoms with Gasteiger partial charge in [-0.1, -0.05) is 6.42 Å². The van der Waals surface area contributed by atoms with Crippen LogP contribution in [0.25, 0.3) is 0 Å². The van der Waals surface area contributed by atoms with Crippen LogP contribution in [0.3, 0.4) is 0 Å². The fraction of sp³-hybridized carbons (Fsp3) is 0.938. The maximum Gasteiger partial charge on any atom is 0.223 e. The zero-order valence-electron chi connectivity index (χ0n) is 11.8. The Morgan fingerprint density at radius 2 is 1.74 bits per heavy atom. The summed E-state index contributed by atoms with van der Waals surface area (Å²) in [6.45, 7) is 0. The molecule has 4 rings (SSSR count). The van der Waals surface area contributed by atoms with Crippen LogP contribution in [0, 0.1) is 17.8 Å². The number of fused-ring (bicyclic) bond motifs is 4. The van der Waals surface area contributed by atoms with Gasteiger partial charge in [0.05, 0.1) is 0 Å². The maximum absolute atomic E-state index is 12.7. The molecule has 19 heavy (non-hydrogen) atoms. The van der Waals surface area contributed by atoms with Crippen molar-refractivity contribution in [3.8, 4) is 0 Å². The summed E-state index contributed by atoms with van der Waals surface area (Å²) < 4.78 is 0. The van der Waals surface area contributed by atoms with Crippen molar-refractivity contribution >= 4 is 5.91 Å². The number of nitrogens with zero attached hydrogens (tertiary/aromatic N) is 1. The Balaban J connectivity index is 1.41. The molecule has 0 radical (unpaired) electrons. The van der Waals surface area contributed by atoms with Crippen molar-refractivity contribution in [3.63, 3.8) is 0 Å². The minimum absolute atomic E-state index is 0.337. The van der Waals surface area contributed by atoms with Crippen molar-refractivity contribution in [2.24, 2.45) is 23.5 Å². The topological polar surface area (TPSA) is 46.3 Å². The van der Waals surface area contributed by atoms with Crippen molar-refractivity contribution in [2.45, 2.75) is 75.9 Å². The number of rotatable bonds is 2. The molecule has 0 aromatic heterocycles. The molecule has 4 fully saturated rings. The van der Waals surface area contributed by atoms with E-state index in [1.54, 1.807) is 0 Å². The molecule has 5 unspecified atom stereocenters. The van der Waals surface area contributed by atoms with Crippen LogP contribution >= 0.6 is 0 Å². The van der Waals surface area contributed by atoms with Gasteiger partial charge in [0.2, 0.25) is 5.91 Å². The lowest BCUT2D eigenvalue weighted by Gasteiger charge is -2.38. The number of amides is 1. The summed E-state index contributed by atoms with van der Waals surface area (Å²) in [5, 5.41) is 0. The van der Waals surface area contributed by atoms with Gasteiger partial charge in [-0.3, -0.25) is 4.79 Å². The van der Waals surface area contributed by atoms with E-state index in [0.717, 1.165) is 31.1 Å². The van der Waals surface area contributed by atoms with E-state index in [0.29, 0.717) is 30.0 Å². The second kappa shape index (κ2) is 4.47. The first kappa shape index (κ1) is 12.2. The smallest absolute Gasteiger partial charge is 0.223 e. The van der Waals surface area contributed by atoms with Crippen LogP contribution in [0.2, 0.25) is 0 Å². The summed E-state index contributed by atoms with van der Waals surface area (Å²) in [6.07, 6.45) is 10.9. The average Bonchev–Trinajstić information content (AvgIpc) is 3.03. The first-order valence-corrected chi connectivity index (χ1v) is 8.27. The van der Waals surface area contributed by atoms with E-state index in [1.165, 1.54) is 38.5 Å². The van der Waals surface area contributed by atoms with E-state index in [4.69, 9.17) is 5.73 Å². The second-order valence-corrected chi connectivity index (χ2v) is 7.56. The van der Waals surface area contributed by atoms with E-state index >= 15 is 0 Å². The van der Waals surface area contributed by atoms with Crippen molar-refractivity contribution in [1.29, 1.82) is 0 Å². The average molecular weight is 262 g/mol. The minimum atomic E-state index is 0.337. The number of hydrogen-bond acceptors (Lipinski definition) is 2. The highest BCUT2D eigenvalue weighted by Crippen LogP contribution is 2.50. The summed E-state index contributed by atoms with van der Waals surface area (Å²) in [5.41, 5.74) is 6.09. The van der Waals surface area contributed by atoms with E-state index in [9.17, 15) is 4.79 Å². The highest BCUT2D eigenvalue weighted by molar-refractivity contribution is 5.77. The van der Waals surface area contributed by atoms with Crippen LogP contribution in [0.1, 0.15) is 57.8 Å². The van der Waals surface area contributed by atoms with Crippen LogP contribution in [-0.4, -0.2) is 28.9 Å². The van der Waals surface area contributed by atoms with Gasteiger partial charge >= 0.3 is 0 Å². The Bertz CT molecular complexity index is 369. The maximum atomic E-state index is 12.7. The van der Waals surface area contributed by atoms with Crippen LogP contribution in [0.4, 0.5) is 0 Å². The van der Waals surface area contributed by atoms with E-state index < -0.39 is 0 Å². The Kier molecular flexibility index (Phi) is 2.87. The Morgan fingerprint density at radius 1 is 1.00 bits per heavy atom. The van der Waals surface area contributed by atoms with E-state index in [2.05, 4.69) is 4.90 Å². The molecule has 2 saturated heterocycles. The van der Waals surface area contributed by atoms with Gasteiger partial charge in [-0.25, -0.2) is 0 Å². The molecule has 0 aromatic carbocycles. The van der Waals surface area contributed by atoms with E-state index in [1.807, 2.05) is 0 Å². The molecule has 4 bridgehead atoms. The van der Waals surface area contributed by atoms with Gasteiger partial charge in [0, 0.05) is 24.5 Å². The quantitative estimate of drug-likeness (QED) is 0.830. The van der Waals surface area contributed by atoms with Crippen LogP contribution in [-0.2, 0) is 4.79 Å². The lowest BCUT2D eigenvalue weighted by Crippen LogP contribution is -2.50. The van der Waals surface area contributed by atoms with Gasteiger partial charge in [-0.05, 0) is 62.7 Å². The third-order valence-corrected chi connectivity index (χ3v) is 6.38. The van der Waals surface area contributed by atoms with Gasteiger partial charge in [-0.2, -0.15) is 0 Å². The number of carbonyl (C=O) groups excluding carboxylic acids is 1. The summed E-state index contributed by atoms with van der Waals surface area (Å²) in [6, 6.07) is 1.28. The molecule has 0 spiro atoms. The second-order valence-electron chi connectivity index (χ2n) is 7.56. The highest BCUT2D eigenvalue weighted by atomic mass is 16.2. The molecular formula is C16H26N2O. The summed E-state index contributed by atoms with van der Waals surface area (Å²) >= 11 is 0. The molecule has 3 nitrogen and oxygen atoms in total. The molecule has 2 saturated carbocycles. The Hall–Kier alpha value is -0.570. The number of hydrogen-bond donors (Lipinski definition) is 1. The summed E-state index contributed by atoms with van der Waals surface area (Å²) in [5.74, 6) is 2.99. The molecule has 2 aliphatic heterocycles. The fourth-order valence-corrected chi connectivity index (χ4v) is 5.58. The molecule has 5 atom stereocenters. The lowest BCUT2D eigenvalue weighted by molar-refractivity contribution is -0.137. The van der Waals surface area contributed by atoms with Gasteiger partial charge in [-0.15, -0.1) is 0 Å². The van der Waals surface area contributed by atoms with Crippen molar-refractivity contribution in [3.05, 3.63) is 0 Å². The normalized spacial score (nSPS) is 47.9. The first-order valence-electron chi connectivity index (χ1n) is 8.27. The Labute approximate surface area is 115 Å². The molecule has 0 aromatic rings. The molecule has 3 heteroatoms. The monoisotopic (exact) mass is 262 g/mol.